The maximum absolute atomic E-state index is 4.31. The van der Waals surface area contributed by atoms with Crippen molar-refractivity contribution in [3.05, 3.63) is 65.4 Å². The zero-order valence-corrected chi connectivity index (χ0v) is 11.6. The van der Waals surface area contributed by atoms with Gasteiger partial charge < -0.3 is 4.98 Å². The van der Waals surface area contributed by atoms with E-state index in [0.29, 0.717) is 0 Å². The molecule has 2 N–H and O–H groups in total. The van der Waals surface area contributed by atoms with Crippen LogP contribution in [0.4, 0.5) is 5.69 Å². The Bertz CT molecular complexity index is 755. The highest BCUT2D eigenvalue weighted by atomic mass is 15.3. The molecule has 100 valence electrons. The molecule has 3 aromatic rings. The first-order valence-electron chi connectivity index (χ1n) is 6.68. The molecular weight excluding hydrogens is 246 g/mol. The number of nitrogens with one attached hydrogen (secondary N) is 2. The normalized spacial score (nSPS) is 11.3. The first-order valence-corrected chi connectivity index (χ1v) is 6.68. The van der Waals surface area contributed by atoms with Crippen LogP contribution in [0.25, 0.3) is 10.9 Å². The number of aromatic nitrogens is 1. The Hall–Kier alpha value is -2.55. The van der Waals surface area contributed by atoms with Crippen LogP contribution in [-0.4, -0.2) is 11.2 Å². The number of para-hydroxylation sites is 2. The Morgan fingerprint density at radius 2 is 1.80 bits per heavy atom. The lowest BCUT2D eigenvalue weighted by Crippen LogP contribution is -1.91. The van der Waals surface area contributed by atoms with Crippen molar-refractivity contribution in [2.45, 2.75) is 13.8 Å². The van der Waals surface area contributed by atoms with E-state index in [4.69, 9.17) is 0 Å². The highest BCUT2D eigenvalue weighted by Crippen LogP contribution is 2.23. The molecule has 1 heterocycles. The average molecular weight is 263 g/mol. The first kappa shape index (κ1) is 12.5. The molecule has 0 fully saturated rings. The lowest BCUT2D eigenvalue weighted by molar-refractivity contribution is 1.25. The van der Waals surface area contributed by atoms with Gasteiger partial charge in [-0.25, -0.2) is 0 Å². The van der Waals surface area contributed by atoms with Crippen molar-refractivity contribution in [1.29, 1.82) is 0 Å². The smallest absolute Gasteiger partial charge is 0.0565 e. The molecule has 3 heteroatoms. The van der Waals surface area contributed by atoms with E-state index in [1.165, 1.54) is 16.6 Å². The number of fused-ring (bicyclic) bond motifs is 1. The van der Waals surface area contributed by atoms with Crippen molar-refractivity contribution in [3.8, 4) is 0 Å². The fourth-order valence-corrected chi connectivity index (χ4v) is 2.30. The van der Waals surface area contributed by atoms with Gasteiger partial charge in [0.2, 0.25) is 0 Å². The molecule has 0 spiro atoms. The monoisotopic (exact) mass is 263 g/mol. The van der Waals surface area contributed by atoms with E-state index in [1.54, 1.807) is 0 Å². The number of hydrogen-bond donors (Lipinski definition) is 2. The molecule has 0 radical (unpaired) electrons. The zero-order chi connectivity index (χ0) is 13.9. The van der Waals surface area contributed by atoms with Gasteiger partial charge in [-0.05, 0) is 31.5 Å². The molecule has 20 heavy (non-hydrogen) atoms. The predicted molar refractivity (Wildman–Crippen MR) is 85.4 cm³/mol. The molecule has 3 nitrogen and oxygen atoms in total. The third-order valence-corrected chi connectivity index (χ3v) is 3.55. The Kier molecular flexibility index (Phi) is 3.25. The molecular formula is C17H17N3. The molecule has 0 amide bonds. The number of hydrogen-bond acceptors (Lipinski definition) is 2. The third kappa shape index (κ3) is 2.30. The molecule has 0 aliphatic rings. The van der Waals surface area contributed by atoms with Crippen LogP contribution < -0.4 is 5.43 Å². The van der Waals surface area contributed by atoms with E-state index < -0.39 is 0 Å². The van der Waals surface area contributed by atoms with Gasteiger partial charge >= 0.3 is 0 Å². The van der Waals surface area contributed by atoms with Crippen molar-refractivity contribution < 1.29 is 0 Å². The van der Waals surface area contributed by atoms with Gasteiger partial charge in [0.05, 0.1) is 17.4 Å². The van der Waals surface area contributed by atoms with Gasteiger partial charge in [-0.15, -0.1) is 0 Å². The number of aromatic amines is 1. The van der Waals surface area contributed by atoms with Crippen LogP contribution in [0.15, 0.2) is 53.6 Å². The van der Waals surface area contributed by atoms with Crippen molar-refractivity contribution in [1.82, 2.24) is 4.98 Å². The van der Waals surface area contributed by atoms with E-state index in [0.717, 1.165) is 16.8 Å². The summed E-state index contributed by atoms with van der Waals surface area (Å²) in [6, 6.07) is 16.2. The maximum atomic E-state index is 4.31. The predicted octanol–water partition coefficient (Wildman–Crippen LogP) is 4.23. The van der Waals surface area contributed by atoms with Gasteiger partial charge in [-0.1, -0.05) is 36.4 Å². The summed E-state index contributed by atoms with van der Waals surface area (Å²) in [6.07, 6.45) is 1.85. The van der Waals surface area contributed by atoms with E-state index >= 15 is 0 Å². The summed E-state index contributed by atoms with van der Waals surface area (Å²) >= 11 is 0. The summed E-state index contributed by atoms with van der Waals surface area (Å²) in [7, 11) is 0. The standard InChI is InChI=1S/C17H17N3/c1-12-13(2)19-17-14(7-6-10-16(12)17)11-18-20-15-8-4-3-5-9-15/h3-11,19-20H,1-2H3. The summed E-state index contributed by atoms with van der Waals surface area (Å²) < 4.78 is 0. The largest absolute Gasteiger partial charge is 0.358 e. The molecule has 3 rings (SSSR count). The van der Waals surface area contributed by atoms with Gasteiger partial charge in [0.1, 0.15) is 0 Å². The van der Waals surface area contributed by atoms with E-state index in [-0.39, 0.29) is 0 Å². The van der Waals surface area contributed by atoms with E-state index in [9.17, 15) is 0 Å². The summed E-state index contributed by atoms with van der Waals surface area (Å²) in [6.45, 7) is 4.23. The molecule has 0 bridgehead atoms. The Morgan fingerprint density at radius 3 is 2.60 bits per heavy atom. The second kappa shape index (κ2) is 5.21. The summed E-state index contributed by atoms with van der Waals surface area (Å²) in [5.74, 6) is 0. The molecule has 1 aromatic heterocycles. The molecule has 0 aliphatic carbocycles. The van der Waals surface area contributed by atoms with Gasteiger partial charge in [-0.2, -0.15) is 5.10 Å². The summed E-state index contributed by atoms with van der Waals surface area (Å²) in [5.41, 5.74) is 8.74. The SMILES string of the molecule is Cc1[nH]c2c(C=NNc3ccccc3)cccc2c1C. The molecule has 0 unspecified atom stereocenters. The maximum Gasteiger partial charge on any atom is 0.0565 e. The first-order chi connectivity index (χ1) is 9.75. The highest BCUT2D eigenvalue weighted by molar-refractivity contribution is 5.99. The minimum absolute atomic E-state index is 0.981. The van der Waals surface area contributed by atoms with Crippen LogP contribution in [0.1, 0.15) is 16.8 Å². The Labute approximate surface area is 118 Å². The van der Waals surface area contributed by atoms with Crippen LogP contribution >= 0.6 is 0 Å². The summed E-state index contributed by atoms with van der Waals surface area (Å²) in [5, 5.41) is 5.56. The molecule has 0 saturated heterocycles. The van der Waals surface area contributed by atoms with Crippen molar-refractivity contribution in [2.24, 2.45) is 5.10 Å². The van der Waals surface area contributed by atoms with Gasteiger partial charge in [0.25, 0.3) is 0 Å². The third-order valence-electron chi connectivity index (χ3n) is 3.55. The van der Waals surface area contributed by atoms with Crippen molar-refractivity contribution in [2.75, 3.05) is 5.43 Å². The molecule has 0 aliphatic heterocycles. The van der Waals surface area contributed by atoms with Crippen LogP contribution in [0, 0.1) is 13.8 Å². The number of H-pyrrole nitrogens is 1. The number of benzene rings is 2. The number of aryl methyl sites for hydroxylation is 2. The van der Waals surface area contributed by atoms with Crippen LogP contribution in [0.3, 0.4) is 0 Å². The lowest BCUT2D eigenvalue weighted by atomic mass is 10.1. The van der Waals surface area contributed by atoms with Gasteiger partial charge in [0, 0.05) is 16.6 Å². The van der Waals surface area contributed by atoms with Crippen molar-refractivity contribution >= 4 is 22.8 Å². The molecule has 0 atom stereocenters. The van der Waals surface area contributed by atoms with E-state index in [2.05, 4.69) is 47.6 Å². The quantitative estimate of drug-likeness (QED) is 0.538. The Balaban J connectivity index is 1.89. The van der Waals surface area contributed by atoms with Crippen LogP contribution in [0.2, 0.25) is 0 Å². The minimum Gasteiger partial charge on any atom is -0.358 e. The van der Waals surface area contributed by atoms with Gasteiger partial charge in [-0.3, -0.25) is 5.43 Å². The molecule has 2 aromatic carbocycles. The number of anilines is 1. The second-order valence-electron chi connectivity index (χ2n) is 4.88. The minimum atomic E-state index is 0.981. The fourth-order valence-electron chi connectivity index (χ4n) is 2.30. The lowest BCUT2D eigenvalue weighted by Gasteiger charge is -2.00. The van der Waals surface area contributed by atoms with Gasteiger partial charge in [0.15, 0.2) is 0 Å². The number of nitrogens with zero attached hydrogens (tertiary/aromatic N) is 1. The fraction of sp³-hybridized carbons (Fsp3) is 0.118. The number of rotatable bonds is 3. The highest BCUT2D eigenvalue weighted by Gasteiger charge is 2.06. The summed E-state index contributed by atoms with van der Waals surface area (Å²) in [4.78, 5) is 3.42. The topological polar surface area (TPSA) is 40.2 Å². The Morgan fingerprint density at radius 1 is 1.00 bits per heavy atom. The average Bonchev–Trinajstić information content (AvgIpc) is 2.77. The zero-order valence-electron chi connectivity index (χ0n) is 11.6. The van der Waals surface area contributed by atoms with E-state index in [1.807, 2.05) is 36.5 Å². The van der Waals surface area contributed by atoms with Crippen LogP contribution in [0.5, 0.6) is 0 Å². The number of hydrazone groups is 1. The van der Waals surface area contributed by atoms with Crippen molar-refractivity contribution in [3.63, 3.8) is 0 Å². The molecule has 0 saturated carbocycles. The van der Waals surface area contributed by atoms with Crippen LogP contribution in [-0.2, 0) is 0 Å². The second-order valence-corrected chi connectivity index (χ2v) is 4.88.